The maximum absolute atomic E-state index is 11.9. The fourth-order valence-corrected chi connectivity index (χ4v) is 2.78. The minimum Gasteiger partial charge on any atom is -0.454 e. The first-order chi connectivity index (χ1) is 9.72. The van der Waals surface area contributed by atoms with E-state index in [0.717, 1.165) is 12.8 Å². The number of ether oxygens (including phenoxy) is 2. The van der Waals surface area contributed by atoms with Crippen molar-refractivity contribution in [2.45, 2.75) is 31.7 Å². The van der Waals surface area contributed by atoms with Crippen LogP contribution in [0, 0.1) is 0 Å². The number of hydrogen-bond donors (Lipinski definition) is 2. The summed E-state index contributed by atoms with van der Waals surface area (Å²) in [6.45, 7) is 0.488. The van der Waals surface area contributed by atoms with Gasteiger partial charge in [-0.15, -0.1) is 0 Å². The Bertz CT molecular complexity index is 515. The van der Waals surface area contributed by atoms with Crippen molar-refractivity contribution in [1.29, 1.82) is 0 Å². The van der Waals surface area contributed by atoms with E-state index in [1.165, 1.54) is 12.8 Å². The molecule has 1 saturated carbocycles. The van der Waals surface area contributed by atoms with E-state index in [1.54, 1.807) is 12.1 Å². The topological polar surface area (TPSA) is 59.6 Å². The van der Waals surface area contributed by atoms with E-state index < -0.39 is 0 Å². The first-order valence-electron chi connectivity index (χ1n) is 6.85. The minimum absolute atomic E-state index is 0.0994. The number of anilines is 1. The van der Waals surface area contributed by atoms with E-state index in [9.17, 15) is 4.79 Å². The predicted molar refractivity (Wildman–Crippen MR) is 76.5 cm³/mol. The van der Waals surface area contributed by atoms with Crippen molar-refractivity contribution in [3.8, 4) is 11.5 Å². The third kappa shape index (κ3) is 2.99. The van der Waals surface area contributed by atoms with Gasteiger partial charge in [0.05, 0.1) is 17.3 Å². The SMILES string of the molecule is O=C(CNC1CCCC1)Nc1cc2c(cc1Cl)OCO2. The molecule has 1 aromatic carbocycles. The van der Waals surface area contributed by atoms with Crippen LogP contribution in [0.15, 0.2) is 12.1 Å². The first kappa shape index (κ1) is 13.5. The maximum Gasteiger partial charge on any atom is 0.238 e. The number of halogens is 1. The van der Waals surface area contributed by atoms with Crippen molar-refractivity contribution in [3.05, 3.63) is 17.2 Å². The minimum atomic E-state index is -0.0994. The second-order valence-electron chi connectivity index (χ2n) is 5.10. The van der Waals surface area contributed by atoms with Crippen molar-refractivity contribution < 1.29 is 14.3 Å². The Morgan fingerprint density at radius 2 is 1.95 bits per heavy atom. The fourth-order valence-electron chi connectivity index (χ4n) is 2.57. The van der Waals surface area contributed by atoms with E-state index in [-0.39, 0.29) is 12.7 Å². The molecule has 1 fully saturated rings. The third-order valence-electron chi connectivity index (χ3n) is 3.64. The summed E-state index contributed by atoms with van der Waals surface area (Å²) in [6, 6.07) is 3.81. The molecule has 2 aliphatic rings. The van der Waals surface area contributed by atoms with Crippen LogP contribution in [-0.2, 0) is 4.79 Å². The molecule has 0 spiro atoms. The van der Waals surface area contributed by atoms with Gasteiger partial charge in [0.25, 0.3) is 0 Å². The van der Waals surface area contributed by atoms with Crippen molar-refractivity contribution in [3.63, 3.8) is 0 Å². The van der Waals surface area contributed by atoms with E-state index in [4.69, 9.17) is 21.1 Å². The Balaban J connectivity index is 1.58. The van der Waals surface area contributed by atoms with Crippen LogP contribution in [0.2, 0.25) is 5.02 Å². The predicted octanol–water partition coefficient (Wildman–Crippen LogP) is 2.54. The molecule has 0 saturated heterocycles. The summed E-state index contributed by atoms with van der Waals surface area (Å²) in [5.41, 5.74) is 0.550. The average Bonchev–Trinajstić information content (AvgIpc) is 3.07. The van der Waals surface area contributed by atoms with E-state index in [2.05, 4.69) is 10.6 Å². The number of fused-ring (bicyclic) bond motifs is 1. The zero-order chi connectivity index (χ0) is 13.9. The number of carbonyl (C=O) groups excluding carboxylic acids is 1. The van der Waals surface area contributed by atoms with Gasteiger partial charge < -0.3 is 20.1 Å². The van der Waals surface area contributed by atoms with Crippen LogP contribution in [0.3, 0.4) is 0 Å². The van der Waals surface area contributed by atoms with Crippen molar-refractivity contribution in [1.82, 2.24) is 5.32 Å². The lowest BCUT2D eigenvalue weighted by Crippen LogP contribution is -2.34. The number of rotatable bonds is 4. The van der Waals surface area contributed by atoms with Crippen LogP contribution in [0.4, 0.5) is 5.69 Å². The van der Waals surface area contributed by atoms with E-state index in [0.29, 0.717) is 34.8 Å². The van der Waals surface area contributed by atoms with Crippen molar-refractivity contribution >= 4 is 23.2 Å². The Labute approximate surface area is 122 Å². The van der Waals surface area contributed by atoms with Crippen LogP contribution < -0.4 is 20.1 Å². The molecule has 1 aliphatic carbocycles. The Morgan fingerprint density at radius 3 is 2.70 bits per heavy atom. The molecule has 1 heterocycles. The number of amides is 1. The van der Waals surface area contributed by atoms with Gasteiger partial charge in [0.15, 0.2) is 11.5 Å². The average molecular weight is 297 g/mol. The van der Waals surface area contributed by atoms with Crippen LogP contribution >= 0.6 is 11.6 Å². The van der Waals surface area contributed by atoms with Gasteiger partial charge in [0.1, 0.15) is 0 Å². The number of benzene rings is 1. The third-order valence-corrected chi connectivity index (χ3v) is 3.96. The molecule has 2 N–H and O–H groups in total. The lowest BCUT2D eigenvalue weighted by atomic mass is 10.2. The molecule has 5 nitrogen and oxygen atoms in total. The highest BCUT2D eigenvalue weighted by Crippen LogP contribution is 2.39. The molecular formula is C14H17ClN2O3. The number of hydrogen-bond acceptors (Lipinski definition) is 4. The molecule has 1 aliphatic heterocycles. The first-order valence-corrected chi connectivity index (χ1v) is 7.22. The Hall–Kier alpha value is -1.46. The molecule has 20 heavy (non-hydrogen) atoms. The monoisotopic (exact) mass is 296 g/mol. The van der Waals surface area contributed by atoms with Gasteiger partial charge in [-0.2, -0.15) is 0 Å². The maximum atomic E-state index is 11.9. The summed E-state index contributed by atoms with van der Waals surface area (Å²) in [5, 5.41) is 6.50. The summed E-state index contributed by atoms with van der Waals surface area (Å²) in [4.78, 5) is 11.9. The van der Waals surface area contributed by atoms with Gasteiger partial charge in [-0.25, -0.2) is 0 Å². The zero-order valence-corrected chi connectivity index (χ0v) is 11.8. The molecule has 6 heteroatoms. The molecule has 0 atom stereocenters. The van der Waals surface area contributed by atoms with E-state index >= 15 is 0 Å². The molecule has 3 rings (SSSR count). The summed E-state index contributed by atoms with van der Waals surface area (Å²) >= 11 is 6.11. The number of nitrogens with one attached hydrogen (secondary N) is 2. The van der Waals surface area contributed by atoms with Crippen LogP contribution in [0.1, 0.15) is 25.7 Å². The summed E-state index contributed by atoms with van der Waals surface area (Å²) < 4.78 is 10.5. The van der Waals surface area contributed by atoms with Gasteiger partial charge >= 0.3 is 0 Å². The van der Waals surface area contributed by atoms with Gasteiger partial charge in [0.2, 0.25) is 12.7 Å². The summed E-state index contributed by atoms with van der Waals surface area (Å²) in [7, 11) is 0. The summed E-state index contributed by atoms with van der Waals surface area (Å²) in [6.07, 6.45) is 4.79. The molecule has 0 aromatic heterocycles. The molecule has 0 bridgehead atoms. The van der Waals surface area contributed by atoms with Gasteiger partial charge in [-0.05, 0) is 12.8 Å². The molecule has 1 aromatic rings. The molecule has 0 unspecified atom stereocenters. The smallest absolute Gasteiger partial charge is 0.238 e. The Kier molecular flexibility index (Phi) is 3.98. The van der Waals surface area contributed by atoms with Crippen LogP contribution in [0.5, 0.6) is 11.5 Å². The molecule has 0 radical (unpaired) electrons. The molecular weight excluding hydrogens is 280 g/mol. The van der Waals surface area contributed by atoms with Gasteiger partial charge in [-0.3, -0.25) is 4.79 Å². The number of carbonyl (C=O) groups is 1. The highest BCUT2D eigenvalue weighted by molar-refractivity contribution is 6.34. The largest absolute Gasteiger partial charge is 0.454 e. The zero-order valence-electron chi connectivity index (χ0n) is 11.1. The second-order valence-corrected chi connectivity index (χ2v) is 5.50. The molecule has 1 amide bonds. The quantitative estimate of drug-likeness (QED) is 0.896. The highest BCUT2D eigenvalue weighted by atomic mass is 35.5. The molecule has 108 valence electrons. The normalized spacial score (nSPS) is 17.4. The Morgan fingerprint density at radius 1 is 1.25 bits per heavy atom. The van der Waals surface area contributed by atoms with Crippen molar-refractivity contribution in [2.24, 2.45) is 0 Å². The second kappa shape index (κ2) is 5.89. The highest BCUT2D eigenvalue weighted by Gasteiger charge is 2.19. The van der Waals surface area contributed by atoms with Gasteiger partial charge in [0, 0.05) is 18.2 Å². The van der Waals surface area contributed by atoms with Gasteiger partial charge in [-0.1, -0.05) is 24.4 Å². The summed E-state index contributed by atoms with van der Waals surface area (Å²) in [5.74, 6) is 1.11. The van der Waals surface area contributed by atoms with Crippen LogP contribution in [-0.4, -0.2) is 25.3 Å². The van der Waals surface area contributed by atoms with E-state index in [1.807, 2.05) is 0 Å². The van der Waals surface area contributed by atoms with Crippen LogP contribution in [0.25, 0.3) is 0 Å². The fraction of sp³-hybridized carbons (Fsp3) is 0.500. The lowest BCUT2D eigenvalue weighted by molar-refractivity contribution is -0.115. The lowest BCUT2D eigenvalue weighted by Gasteiger charge is -2.12. The standard InChI is InChI=1S/C14H17ClN2O3/c15-10-5-12-13(20-8-19-12)6-11(10)17-14(18)7-16-9-3-1-2-4-9/h5-6,9,16H,1-4,7-8H2,(H,17,18). The van der Waals surface area contributed by atoms with Crippen molar-refractivity contribution in [2.75, 3.05) is 18.7 Å².